The van der Waals surface area contributed by atoms with Crippen LogP contribution in [0.5, 0.6) is 0 Å². The Kier molecular flexibility index (Phi) is 4.73. The Bertz CT molecular complexity index is 252. The molecule has 3 heteroatoms. The Hall–Kier alpha value is 0.569. The fourth-order valence-electron chi connectivity index (χ4n) is 1.01. The van der Waals surface area contributed by atoms with E-state index in [9.17, 15) is 0 Å². The molecule has 0 aliphatic carbocycles. The zero-order chi connectivity index (χ0) is 8.97. The molecule has 0 heterocycles. The molecular formula is C9H11BrSSe. The third kappa shape index (κ3) is 2.53. The van der Waals surface area contributed by atoms with E-state index in [2.05, 4.69) is 51.6 Å². The first kappa shape index (κ1) is 10.6. The van der Waals surface area contributed by atoms with Crippen LogP contribution < -0.4 is 4.46 Å². The van der Waals surface area contributed by atoms with Crippen LogP contribution in [0, 0.1) is 0 Å². The van der Waals surface area contributed by atoms with Gasteiger partial charge in [-0.05, 0) is 0 Å². The third-order valence-corrected chi connectivity index (χ3v) is 5.70. The van der Waals surface area contributed by atoms with Gasteiger partial charge in [0.25, 0.3) is 0 Å². The summed E-state index contributed by atoms with van der Waals surface area (Å²) in [7, 11) is 0. The summed E-state index contributed by atoms with van der Waals surface area (Å²) < 4.78 is 1.46. The van der Waals surface area contributed by atoms with E-state index in [1.807, 2.05) is 11.8 Å². The Labute approximate surface area is 91.4 Å². The van der Waals surface area contributed by atoms with Gasteiger partial charge < -0.3 is 0 Å². The van der Waals surface area contributed by atoms with E-state index in [4.69, 9.17) is 0 Å². The molecule has 0 saturated heterocycles. The Morgan fingerprint density at radius 3 is 2.67 bits per heavy atom. The molecule has 0 radical (unpaired) electrons. The van der Waals surface area contributed by atoms with Crippen LogP contribution in [0.25, 0.3) is 0 Å². The molecule has 1 aromatic carbocycles. The molecule has 0 spiro atoms. The summed E-state index contributed by atoms with van der Waals surface area (Å²) in [4.78, 5) is 0. The van der Waals surface area contributed by atoms with Crippen molar-refractivity contribution in [2.24, 2.45) is 0 Å². The molecule has 0 saturated carbocycles. The molecule has 66 valence electrons. The van der Waals surface area contributed by atoms with Crippen molar-refractivity contribution in [2.45, 2.75) is 12.2 Å². The molecule has 12 heavy (non-hydrogen) atoms. The second-order valence-corrected chi connectivity index (χ2v) is 6.60. The molecule has 0 unspecified atom stereocenters. The van der Waals surface area contributed by atoms with Gasteiger partial charge in [0.05, 0.1) is 0 Å². The summed E-state index contributed by atoms with van der Waals surface area (Å²) in [5.74, 6) is 0. The van der Waals surface area contributed by atoms with Gasteiger partial charge in [-0.1, -0.05) is 0 Å². The van der Waals surface area contributed by atoms with Crippen molar-refractivity contribution in [1.82, 2.24) is 0 Å². The predicted molar refractivity (Wildman–Crippen MR) is 62.7 cm³/mol. The SMILES string of the molecule is CS[C@@H](C)c1ccccc1[Se]Br. The van der Waals surface area contributed by atoms with Crippen molar-refractivity contribution in [3.8, 4) is 0 Å². The van der Waals surface area contributed by atoms with Crippen molar-refractivity contribution >= 4 is 43.5 Å². The van der Waals surface area contributed by atoms with Crippen molar-refractivity contribution in [1.29, 1.82) is 0 Å². The van der Waals surface area contributed by atoms with E-state index < -0.39 is 0 Å². The van der Waals surface area contributed by atoms with Gasteiger partial charge in [-0.3, -0.25) is 0 Å². The Balaban J connectivity index is 2.96. The van der Waals surface area contributed by atoms with Gasteiger partial charge in [0.15, 0.2) is 0 Å². The molecule has 0 aromatic heterocycles. The first-order chi connectivity index (χ1) is 5.79. The van der Waals surface area contributed by atoms with E-state index in [1.54, 1.807) is 0 Å². The van der Waals surface area contributed by atoms with Crippen molar-refractivity contribution in [3.05, 3.63) is 29.8 Å². The minimum absolute atomic E-state index is 0.438. The maximum absolute atomic E-state index is 3.56. The number of benzene rings is 1. The standard InChI is InChI=1S/C9H11BrSSe/c1-7(11-2)8-5-3-4-6-9(8)12-10/h3-7H,1-2H3/t7-/m0/s1. The maximum atomic E-state index is 3.56. The van der Waals surface area contributed by atoms with Crippen LogP contribution in [-0.2, 0) is 0 Å². The number of hydrogen-bond acceptors (Lipinski definition) is 1. The summed E-state index contributed by atoms with van der Waals surface area (Å²) >= 11 is 5.89. The zero-order valence-electron chi connectivity index (χ0n) is 7.08. The van der Waals surface area contributed by atoms with Crippen molar-refractivity contribution in [3.63, 3.8) is 0 Å². The number of rotatable bonds is 3. The summed E-state index contributed by atoms with van der Waals surface area (Å²) in [6, 6.07) is 8.65. The minimum atomic E-state index is 0.438. The Morgan fingerprint density at radius 1 is 1.42 bits per heavy atom. The molecular weight excluding hydrogens is 299 g/mol. The van der Waals surface area contributed by atoms with Gasteiger partial charge >= 0.3 is 91.7 Å². The topological polar surface area (TPSA) is 0 Å². The summed E-state index contributed by atoms with van der Waals surface area (Å²) in [5, 5.41) is 0.612. The van der Waals surface area contributed by atoms with Crippen LogP contribution in [0.2, 0.25) is 0 Å². The van der Waals surface area contributed by atoms with Gasteiger partial charge in [0.2, 0.25) is 0 Å². The predicted octanol–water partition coefficient (Wildman–Crippen LogP) is 2.75. The van der Waals surface area contributed by atoms with E-state index in [0.29, 0.717) is 18.4 Å². The van der Waals surface area contributed by atoms with Crippen molar-refractivity contribution in [2.75, 3.05) is 6.26 Å². The molecule has 0 amide bonds. The van der Waals surface area contributed by atoms with Crippen LogP contribution in [0.1, 0.15) is 17.7 Å². The quantitative estimate of drug-likeness (QED) is 0.774. The molecule has 1 aromatic rings. The van der Waals surface area contributed by atoms with Crippen molar-refractivity contribution < 1.29 is 0 Å². The van der Waals surface area contributed by atoms with Gasteiger partial charge in [0.1, 0.15) is 0 Å². The zero-order valence-corrected chi connectivity index (χ0v) is 11.2. The number of hydrogen-bond donors (Lipinski definition) is 0. The first-order valence-corrected chi connectivity index (χ1v) is 9.85. The monoisotopic (exact) mass is 310 g/mol. The van der Waals surface area contributed by atoms with Gasteiger partial charge in [-0.15, -0.1) is 0 Å². The summed E-state index contributed by atoms with van der Waals surface area (Å²) in [6.45, 7) is 2.25. The Morgan fingerprint density at radius 2 is 2.08 bits per heavy atom. The van der Waals surface area contributed by atoms with Gasteiger partial charge in [0, 0.05) is 0 Å². The average Bonchev–Trinajstić information content (AvgIpc) is 2.16. The second kappa shape index (κ2) is 5.33. The van der Waals surface area contributed by atoms with Gasteiger partial charge in [-0.25, -0.2) is 0 Å². The number of thioether (sulfide) groups is 1. The van der Waals surface area contributed by atoms with E-state index in [1.165, 1.54) is 10.0 Å². The molecule has 0 N–H and O–H groups in total. The number of halogens is 1. The average molecular weight is 310 g/mol. The molecule has 0 aliphatic rings. The second-order valence-electron chi connectivity index (χ2n) is 2.49. The van der Waals surface area contributed by atoms with E-state index in [-0.39, 0.29) is 0 Å². The molecule has 0 bridgehead atoms. The molecule has 0 aliphatic heterocycles. The summed E-state index contributed by atoms with van der Waals surface area (Å²) in [6.07, 6.45) is 2.16. The van der Waals surface area contributed by atoms with E-state index in [0.717, 1.165) is 0 Å². The fourth-order valence-corrected chi connectivity index (χ4v) is 4.15. The normalized spacial score (nSPS) is 12.9. The third-order valence-electron chi connectivity index (χ3n) is 1.79. The van der Waals surface area contributed by atoms with E-state index >= 15 is 0 Å². The van der Waals surface area contributed by atoms with Crippen LogP contribution in [0.3, 0.4) is 0 Å². The van der Waals surface area contributed by atoms with Crippen LogP contribution in [0.15, 0.2) is 24.3 Å². The molecule has 0 nitrogen and oxygen atoms in total. The fraction of sp³-hybridized carbons (Fsp3) is 0.333. The molecule has 0 fully saturated rings. The van der Waals surface area contributed by atoms with Crippen LogP contribution in [0.4, 0.5) is 0 Å². The molecule has 1 rings (SSSR count). The summed E-state index contributed by atoms with van der Waals surface area (Å²) in [5.41, 5.74) is 1.47. The van der Waals surface area contributed by atoms with Crippen LogP contribution >= 0.6 is 25.9 Å². The van der Waals surface area contributed by atoms with Gasteiger partial charge in [-0.2, -0.15) is 0 Å². The molecule has 1 atom stereocenters. The van der Waals surface area contributed by atoms with Crippen LogP contribution in [-0.4, -0.2) is 19.4 Å². The first-order valence-electron chi connectivity index (χ1n) is 3.70.